The van der Waals surface area contributed by atoms with Gasteiger partial charge in [0.05, 0.1) is 0 Å². The molecule has 0 amide bonds. The van der Waals surface area contributed by atoms with Crippen LogP contribution in [0.1, 0.15) is 0 Å². The van der Waals surface area contributed by atoms with Crippen LogP contribution in [0.3, 0.4) is 0 Å². The molecule has 1 aliphatic heterocycles. The fraction of sp³-hybridized carbons (Fsp3) is 1.00. The van der Waals surface area contributed by atoms with Crippen molar-refractivity contribution >= 4 is 53.8 Å². The predicted molar refractivity (Wildman–Crippen MR) is 83.3 cm³/mol. The molecule has 0 aliphatic carbocycles. The van der Waals surface area contributed by atoms with E-state index in [0.29, 0.717) is 19.3 Å². The number of hydrogen-bond acceptors (Lipinski definition) is 1. The van der Waals surface area contributed by atoms with Crippen LogP contribution in [-0.2, 0) is 0 Å². The third-order valence-electron chi connectivity index (χ3n) is 3.92. The molecule has 14 heavy (non-hydrogen) atoms. The molecule has 1 fully saturated rings. The summed E-state index contributed by atoms with van der Waals surface area (Å²) in [5.74, 6) is 0. The molecule has 0 aromatic rings. The van der Waals surface area contributed by atoms with Crippen molar-refractivity contribution in [2.45, 2.75) is 52.4 Å². The molecule has 0 saturated carbocycles. The Morgan fingerprint density at radius 2 is 0.929 bits per heavy atom. The Bertz CT molecular complexity index is 200. The summed E-state index contributed by atoms with van der Waals surface area (Å²) in [7, 11) is 2.59. The third-order valence-corrected chi connectivity index (χ3v) is 131. The van der Waals surface area contributed by atoms with E-state index >= 15 is 0 Å². The summed E-state index contributed by atoms with van der Waals surface area (Å²) in [6, 6.07) is 0. The average molecular weight is 392 g/mol. The van der Waals surface area contributed by atoms with E-state index < -0.39 is 23.8 Å². The maximum absolute atomic E-state index is 2.73. The van der Waals surface area contributed by atoms with Gasteiger partial charge >= 0.3 is 106 Å². The van der Waals surface area contributed by atoms with Crippen molar-refractivity contribution in [3.05, 3.63) is 0 Å². The van der Waals surface area contributed by atoms with Crippen LogP contribution < -0.4 is 0 Å². The molecule has 84 valence electrons. The van der Waals surface area contributed by atoms with E-state index in [1.165, 1.54) is 0 Å². The molecule has 0 spiro atoms. The monoisotopic (exact) mass is 394 g/mol. The van der Waals surface area contributed by atoms with E-state index in [1.807, 2.05) is 0 Å². The fourth-order valence-electron chi connectivity index (χ4n) is 1.77. The van der Waals surface area contributed by atoms with Gasteiger partial charge in [0, 0.05) is 0 Å². The van der Waals surface area contributed by atoms with E-state index in [1.54, 1.807) is 0 Å². The summed E-state index contributed by atoms with van der Waals surface area (Å²) in [4.78, 5) is 0. The van der Waals surface area contributed by atoms with Gasteiger partial charge in [-0.25, -0.2) is 0 Å². The molecular formula is C8H24SSi4Te. The van der Waals surface area contributed by atoms with Crippen LogP contribution >= 0.6 is 10.7 Å². The molecular weight excluding hydrogens is 368 g/mol. The molecule has 0 atom stereocenters. The first-order valence-corrected chi connectivity index (χ1v) is 28.4. The Morgan fingerprint density at radius 1 is 0.643 bits per heavy atom. The predicted octanol–water partition coefficient (Wildman–Crippen LogP) is 3.41. The maximum atomic E-state index is 2.73. The Hall–Kier alpha value is 2.01. The van der Waals surface area contributed by atoms with Crippen LogP contribution in [0.4, 0.5) is 0 Å². The first-order chi connectivity index (χ1) is 5.91. The quantitative estimate of drug-likeness (QED) is 0.570. The van der Waals surface area contributed by atoms with Gasteiger partial charge in [0.1, 0.15) is 0 Å². The number of rotatable bonds is 0. The zero-order valence-corrected chi connectivity index (χ0v) is 18.0. The second kappa shape index (κ2) is 3.75. The van der Waals surface area contributed by atoms with E-state index in [0.717, 1.165) is 0 Å². The van der Waals surface area contributed by atoms with E-state index in [2.05, 4.69) is 63.0 Å². The molecule has 0 unspecified atom stereocenters. The molecule has 0 aromatic carbocycles. The zero-order chi connectivity index (χ0) is 11.4. The van der Waals surface area contributed by atoms with Crippen molar-refractivity contribution in [2.24, 2.45) is 0 Å². The van der Waals surface area contributed by atoms with Gasteiger partial charge in [-0.3, -0.25) is 0 Å². The molecule has 0 bridgehead atoms. The van der Waals surface area contributed by atoms with E-state index in [4.69, 9.17) is 0 Å². The van der Waals surface area contributed by atoms with Gasteiger partial charge in [-0.1, -0.05) is 0 Å². The summed E-state index contributed by atoms with van der Waals surface area (Å²) in [5, 5.41) is -1.43. The van der Waals surface area contributed by atoms with Crippen molar-refractivity contribution in [3.63, 3.8) is 0 Å². The van der Waals surface area contributed by atoms with Crippen LogP contribution in [0.2, 0.25) is 52.4 Å². The Labute approximate surface area is 105 Å². The minimum atomic E-state index is -0.833. The first kappa shape index (κ1) is 14.1. The molecule has 1 saturated heterocycles. The van der Waals surface area contributed by atoms with Gasteiger partial charge in [0.2, 0.25) is 0 Å². The van der Waals surface area contributed by atoms with Gasteiger partial charge in [-0.05, 0) is 0 Å². The molecule has 0 radical (unpaired) electrons. The van der Waals surface area contributed by atoms with Gasteiger partial charge in [-0.2, -0.15) is 0 Å². The molecule has 0 aromatic heterocycles. The third kappa shape index (κ3) is 2.31. The standard InChI is InChI=1S/C8H24SSi4Te/c1-10(2)9-11(3,4)13(7,8)14-12(10,5)6/h1-8H3. The van der Waals surface area contributed by atoms with Gasteiger partial charge in [0.15, 0.2) is 0 Å². The summed E-state index contributed by atoms with van der Waals surface area (Å²) >= 11 is 0.425. The molecule has 0 nitrogen and oxygen atoms in total. The zero-order valence-electron chi connectivity index (χ0n) is 10.8. The fourth-order valence-corrected chi connectivity index (χ4v) is 208. The molecule has 1 aliphatic rings. The molecule has 0 N–H and O–H groups in total. The second-order valence-corrected chi connectivity index (χ2v) is 74.5. The number of hydrogen-bond donors (Lipinski definition) is 0. The van der Waals surface area contributed by atoms with Gasteiger partial charge in [-0.15, -0.1) is 0 Å². The Kier molecular flexibility index (Phi) is 3.77. The van der Waals surface area contributed by atoms with Crippen molar-refractivity contribution in [3.8, 4) is 0 Å². The normalized spacial score (nSPS) is 32.6. The SMILES string of the molecule is C[Si]1(C)S[Si](C)(C)[Si](C)(C)[Te][Si]1(C)C. The second-order valence-electron chi connectivity index (χ2n) is 6.25. The minimum absolute atomic E-state index is 0.425. The van der Waals surface area contributed by atoms with Crippen LogP contribution in [-0.4, -0.2) is 43.1 Å². The molecule has 6 heteroatoms. The van der Waals surface area contributed by atoms with Crippen molar-refractivity contribution < 1.29 is 0 Å². The Balaban J connectivity index is 3.07. The van der Waals surface area contributed by atoms with Gasteiger partial charge < -0.3 is 0 Å². The van der Waals surface area contributed by atoms with Crippen LogP contribution in [0.25, 0.3) is 0 Å². The summed E-state index contributed by atoms with van der Waals surface area (Å²) in [5.41, 5.74) is 0. The summed E-state index contributed by atoms with van der Waals surface area (Å²) < 4.78 is 0. The van der Waals surface area contributed by atoms with Crippen molar-refractivity contribution in [2.75, 3.05) is 0 Å². The summed E-state index contributed by atoms with van der Waals surface area (Å²) in [6.45, 7) is 20.0. The topological polar surface area (TPSA) is 0 Å². The first-order valence-electron chi connectivity index (χ1n) is 5.32. The molecule has 1 rings (SSSR count). The van der Waals surface area contributed by atoms with Crippen molar-refractivity contribution in [1.29, 1.82) is 0 Å². The van der Waals surface area contributed by atoms with Gasteiger partial charge in [0.25, 0.3) is 0 Å². The van der Waals surface area contributed by atoms with Crippen LogP contribution in [0, 0.1) is 0 Å². The van der Waals surface area contributed by atoms with Crippen molar-refractivity contribution in [1.82, 2.24) is 0 Å². The summed E-state index contributed by atoms with van der Waals surface area (Å²) in [6.07, 6.45) is 0. The van der Waals surface area contributed by atoms with E-state index in [-0.39, 0.29) is 0 Å². The Morgan fingerprint density at radius 3 is 1.14 bits per heavy atom. The average Bonchev–Trinajstić information content (AvgIpc) is 1.78. The van der Waals surface area contributed by atoms with Crippen LogP contribution in [0.15, 0.2) is 0 Å². The van der Waals surface area contributed by atoms with E-state index in [9.17, 15) is 0 Å². The van der Waals surface area contributed by atoms with Crippen LogP contribution in [0.5, 0.6) is 0 Å². The molecule has 1 heterocycles.